The first-order valence-corrected chi connectivity index (χ1v) is 3.94. The van der Waals surface area contributed by atoms with E-state index in [1.54, 1.807) is 0 Å². The van der Waals surface area contributed by atoms with Gasteiger partial charge in [0, 0.05) is 5.57 Å². The van der Waals surface area contributed by atoms with E-state index in [0.717, 1.165) is 12.0 Å². The van der Waals surface area contributed by atoms with Gasteiger partial charge in [0.25, 0.3) is 0 Å². The van der Waals surface area contributed by atoms with Gasteiger partial charge in [-0.25, -0.2) is 4.79 Å². The summed E-state index contributed by atoms with van der Waals surface area (Å²) >= 11 is 0. The molecule has 0 bridgehead atoms. The standard InChI is InChI=1S/C9H16O/c1-4-5-6-8(2)9(3)7-10/h8H,4-6H2,1-3H3. The zero-order valence-electron chi connectivity index (χ0n) is 7.11. The van der Waals surface area contributed by atoms with E-state index >= 15 is 0 Å². The average Bonchev–Trinajstić information content (AvgIpc) is 1.98. The van der Waals surface area contributed by atoms with Gasteiger partial charge in [0.2, 0.25) is 0 Å². The second-order valence-electron chi connectivity index (χ2n) is 2.83. The number of allylic oxidation sites excluding steroid dienone is 1. The predicted molar refractivity (Wildman–Crippen MR) is 43.6 cm³/mol. The third-order valence-electron chi connectivity index (χ3n) is 1.89. The van der Waals surface area contributed by atoms with Crippen molar-refractivity contribution in [2.75, 3.05) is 0 Å². The van der Waals surface area contributed by atoms with Gasteiger partial charge in [-0.15, -0.1) is 0 Å². The Kier molecular flexibility index (Phi) is 4.96. The molecule has 58 valence electrons. The van der Waals surface area contributed by atoms with E-state index in [4.69, 9.17) is 0 Å². The summed E-state index contributed by atoms with van der Waals surface area (Å²) in [5, 5.41) is 0. The van der Waals surface area contributed by atoms with Gasteiger partial charge in [0.15, 0.2) is 0 Å². The van der Waals surface area contributed by atoms with Crippen LogP contribution in [0.25, 0.3) is 0 Å². The summed E-state index contributed by atoms with van der Waals surface area (Å²) in [6, 6.07) is 0. The minimum absolute atomic E-state index is 0.428. The molecule has 1 unspecified atom stereocenters. The minimum atomic E-state index is 0.428. The Balaban J connectivity index is 3.62. The Hall–Kier alpha value is -0.550. The van der Waals surface area contributed by atoms with E-state index in [0.29, 0.717) is 5.92 Å². The van der Waals surface area contributed by atoms with Crippen LogP contribution in [0, 0.1) is 5.92 Å². The maximum absolute atomic E-state index is 10.1. The molecule has 0 spiro atoms. The summed E-state index contributed by atoms with van der Waals surface area (Å²) in [4.78, 5) is 10.1. The highest BCUT2D eigenvalue weighted by Gasteiger charge is 2.02. The third kappa shape index (κ3) is 3.47. The summed E-state index contributed by atoms with van der Waals surface area (Å²) in [5.74, 6) is 2.37. The van der Waals surface area contributed by atoms with Gasteiger partial charge in [0.1, 0.15) is 5.94 Å². The van der Waals surface area contributed by atoms with Gasteiger partial charge < -0.3 is 0 Å². The third-order valence-corrected chi connectivity index (χ3v) is 1.89. The molecule has 1 nitrogen and oxygen atoms in total. The van der Waals surface area contributed by atoms with Gasteiger partial charge in [-0.1, -0.05) is 26.7 Å². The first-order chi connectivity index (χ1) is 4.72. The molecule has 0 rings (SSSR count). The summed E-state index contributed by atoms with van der Waals surface area (Å²) in [7, 11) is 0. The van der Waals surface area contributed by atoms with Crippen LogP contribution in [0.4, 0.5) is 0 Å². The van der Waals surface area contributed by atoms with Crippen LogP contribution in [0.15, 0.2) is 5.57 Å². The van der Waals surface area contributed by atoms with Crippen LogP contribution in [0.5, 0.6) is 0 Å². The number of hydrogen-bond donors (Lipinski definition) is 0. The van der Waals surface area contributed by atoms with Gasteiger partial charge in [-0.2, -0.15) is 0 Å². The van der Waals surface area contributed by atoms with Crippen molar-refractivity contribution < 1.29 is 4.79 Å². The first-order valence-electron chi connectivity index (χ1n) is 3.94. The molecule has 10 heavy (non-hydrogen) atoms. The number of unbranched alkanes of at least 4 members (excludes halogenated alkanes) is 1. The molecule has 0 saturated heterocycles. The Labute approximate surface area is 63.1 Å². The zero-order valence-corrected chi connectivity index (χ0v) is 7.11. The van der Waals surface area contributed by atoms with Crippen LogP contribution in [-0.2, 0) is 4.79 Å². The highest BCUT2D eigenvalue weighted by Crippen LogP contribution is 2.13. The fourth-order valence-corrected chi connectivity index (χ4v) is 0.827. The largest absolute Gasteiger partial charge is 0.234 e. The van der Waals surface area contributed by atoms with Crippen molar-refractivity contribution in [3.63, 3.8) is 0 Å². The second-order valence-corrected chi connectivity index (χ2v) is 2.83. The number of carbonyl (C=O) groups excluding carboxylic acids is 1. The Morgan fingerprint density at radius 1 is 1.60 bits per heavy atom. The molecule has 1 atom stereocenters. The van der Waals surface area contributed by atoms with Crippen molar-refractivity contribution >= 4 is 5.94 Å². The number of rotatable bonds is 4. The van der Waals surface area contributed by atoms with Crippen molar-refractivity contribution in [1.29, 1.82) is 0 Å². The molecule has 0 fully saturated rings. The maximum Gasteiger partial charge on any atom is 0.123 e. The first kappa shape index (κ1) is 9.45. The molecule has 0 aliphatic carbocycles. The molecule has 0 radical (unpaired) electrons. The molecule has 0 saturated carbocycles. The van der Waals surface area contributed by atoms with Crippen LogP contribution in [0.1, 0.15) is 40.0 Å². The highest BCUT2D eigenvalue weighted by atomic mass is 16.1. The van der Waals surface area contributed by atoms with E-state index in [1.165, 1.54) is 12.8 Å². The highest BCUT2D eigenvalue weighted by molar-refractivity contribution is 5.51. The van der Waals surface area contributed by atoms with E-state index in [-0.39, 0.29) is 0 Å². The SMILES string of the molecule is CCCCC(C)C(C)=C=O. The lowest BCUT2D eigenvalue weighted by Gasteiger charge is -2.06. The van der Waals surface area contributed by atoms with Crippen LogP contribution in [0.3, 0.4) is 0 Å². The van der Waals surface area contributed by atoms with Gasteiger partial charge in [0.05, 0.1) is 0 Å². The van der Waals surface area contributed by atoms with Crippen molar-refractivity contribution in [2.24, 2.45) is 5.92 Å². The molecule has 0 aromatic heterocycles. The summed E-state index contributed by atoms with van der Waals surface area (Å²) in [6.45, 7) is 6.09. The Morgan fingerprint density at radius 3 is 2.60 bits per heavy atom. The smallest absolute Gasteiger partial charge is 0.123 e. The summed E-state index contributed by atoms with van der Waals surface area (Å²) in [5.41, 5.74) is 0.855. The molecular weight excluding hydrogens is 124 g/mol. The quantitative estimate of drug-likeness (QED) is 0.548. The van der Waals surface area contributed by atoms with Gasteiger partial charge >= 0.3 is 0 Å². The van der Waals surface area contributed by atoms with Crippen molar-refractivity contribution in [1.82, 2.24) is 0 Å². The van der Waals surface area contributed by atoms with Crippen LogP contribution < -0.4 is 0 Å². The number of hydrogen-bond acceptors (Lipinski definition) is 1. The molecule has 0 aromatic rings. The predicted octanol–water partition coefficient (Wildman–Crippen LogP) is 2.59. The average molecular weight is 140 g/mol. The molecule has 1 heteroatoms. The molecule has 0 amide bonds. The fourth-order valence-electron chi connectivity index (χ4n) is 0.827. The van der Waals surface area contributed by atoms with E-state index in [9.17, 15) is 4.79 Å². The lowest BCUT2D eigenvalue weighted by Crippen LogP contribution is -1.96. The molecule has 0 N–H and O–H groups in total. The van der Waals surface area contributed by atoms with Crippen LogP contribution >= 0.6 is 0 Å². The van der Waals surface area contributed by atoms with E-state index in [2.05, 4.69) is 13.8 Å². The Bertz CT molecular complexity index is 132. The zero-order chi connectivity index (χ0) is 7.98. The van der Waals surface area contributed by atoms with Crippen molar-refractivity contribution in [2.45, 2.75) is 40.0 Å². The van der Waals surface area contributed by atoms with Gasteiger partial charge in [-0.05, 0) is 19.3 Å². The summed E-state index contributed by atoms with van der Waals surface area (Å²) < 4.78 is 0. The van der Waals surface area contributed by atoms with Crippen LogP contribution in [-0.4, -0.2) is 5.94 Å². The van der Waals surface area contributed by atoms with Gasteiger partial charge in [-0.3, -0.25) is 0 Å². The molecule has 0 heterocycles. The monoisotopic (exact) mass is 140 g/mol. The molecule has 0 aromatic carbocycles. The molecular formula is C9H16O. The van der Waals surface area contributed by atoms with Crippen molar-refractivity contribution in [3.05, 3.63) is 5.57 Å². The lowest BCUT2D eigenvalue weighted by molar-refractivity contribution is 0.546. The molecule has 0 aliphatic rings. The second kappa shape index (κ2) is 5.25. The molecule has 0 aliphatic heterocycles. The lowest BCUT2D eigenvalue weighted by atomic mass is 9.98. The Morgan fingerprint density at radius 2 is 2.20 bits per heavy atom. The maximum atomic E-state index is 10.1. The summed E-state index contributed by atoms with van der Waals surface area (Å²) in [6.07, 6.45) is 3.54. The van der Waals surface area contributed by atoms with Crippen LogP contribution in [0.2, 0.25) is 0 Å². The van der Waals surface area contributed by atoms with E-state index in [1.807, 2.05) is 12.9 Å². The topological polar surface area (TPSA) is 17.1 Å². The normalized spacial score (nSPS) is 12.3. The fraction of sp³-hybridized carbons (Fsp3) is 0.778. The van der Waals surface area contributed by atoms with E-state index < -0.39 is 0 Å². The minimum Gasteiger partial charge on any atom is -0.234 e. The van der Waals surface area contributed by atoms with Crippen molar-refractivity contribution in [3.8, 4) is 0 Å².